The second-order valence-electron chi connectivity index (χ2n) is 3.24. The molecule has 1 rings (SSSR count). The molecule has 0 spiro atoms. The lowest BCUT2D eigenvalue weighted by Gasteiger charge is -2.10. The minimum absolute atomic E-state index is 0.0850. The molecule has 0 saturated heterocycles. The zero-order chi connectivity index (χ0) is 12.2. The third kappa shape index (κ3) is 2.96. The molecule has 0 heterocycles. The average molecular weight is 244 g/mol. The Morgan fingerprint density at radius 1 is 1.19 bits per heavy atom. The van der Waals surface area contributed by atoms with Gasteiger partial charge in [0, 0.05) is 0 Å². The summed E-state index contributed by atoms with van der Waals surface area (Å²) in [6, 6.07) is 4.91. The van der Waals surface area contributed by atoms with Crippen LogP contribution in [0.4, 0.5) is 0 Å². The highest BCUT2D eigenvalue weighted by molar-refractivity contribution is 7.86. The molecule has 0 saturated carbocycles. The van der Waals surface area contributed by atoms with Crippen LogP contribution in [0.1, 0.15) is 19.4 Å². The zero-order valence-corrected chi connectivity index (χ0v) is 10.5. The van der Waals surface area contributed by atoms with Gasteiger partial charge in [0.25, 0.3) is 0 Å². The van der Waals surface area contributed by atoms with Crippen LogP contribution in [0, 0.1) is 6.92 Å². The van der Waals surface area contributed by atoms with Crippen molar-refractivity contribution >= 4 is 10.1 Å². The predicted molar refractivity (Wildman–Crippen MR) is 61.2 cm³/mol. The van der Waals surface area contributed by atoms with E-state index in [2.05, 4.69) is 0 Å². The van der Waals surface area contributed by atoms with Crippen molar-refractivity contribution in [2.75, 3.05) is 13.2 Å². The molecular formula is C11H16O4S. The maximum absolute atomic E-state index is 11.7. The number of hydrogen-bond donors (Lipinski definition) is 0. The van der Waals surface area contributed by atoms with Crippen LogP contribution >= 0.6 is 0 Å². The van der Waals surface area contributed by atoms with Crippen LogP contribution in [0.5, 0.6) is 5.75 Å². The van der Waals surface area contributed by atoms with Crippen LogP contribution in [0.15, 0.2) is 23.1 Å². The second-order valence-corrected chi connectivity index (χ2v) is 4.83. The summed E-state index contributed by atoms with van der Waals surface area (Å²) < 4.78 is 33.5. The average Bonchev–Trinajstić information content (AvgIpc) is 2.17. The molecule has 0 bridgehead atoms. The molecule has 0 radical (unpaired) electrons. The van der Waals surface area contributed by atoms with Crippen molar-refractivity contribution in [1.82, 2.24) is 0 Å². The fourth-order valence-electron chi connectivity index (χ4n) is 1.31. The molecule has 16 heavy (non-hydrogen) atoms. The van der Waals surface area contributed by atoms with Gasteiger partial charge in [-0.25, -0.2) is 0 Å². The largest absolute Gasteiger partial charge is 0.492 e. The van der Waals surface area contributed by atoms with Crippen LogP contribution in [-0.4, -0.2) is 21.6 Å². The Kier molecular flexibility index (Phi) is 4.32. The summed E-state index contributed by atoms with van der Waals surface area (Å²) in [5.41, 5.74) is 0.943. The Labute approximate surface area is 96.3 Å². The molecule has 1 aromatic rings. The van der Waals surface area contributed by atoms with Gasteiger partial charge in [0.15, 0.2) is 0 Å². The highest BCUT2D eigenvalue weighted by atomic mass is 32.2. The van der Waals surface area contributed by atoms with Crippen molar-refractivity contribution in [2.45, 2.75) is 25.7 Å². The highest BCUT2D eigenvalue weighted by Gasteiger charge is 2.19. The van der Waals surface area contributed by atoms with Crippen LogP contribution in [0.2, 0.25) is 0 Å². The van der Waals surface area contributed by atoms with Crippen molar-refractivity contribution in [1.29, 1.82) is 0 Å². The number of ether oxygens (including phenoxy) is 1. The van der Waals surface area contributed by atoms with E-state index in [-0.39, 0.29) is 11.5 Å². The van der Waals surface area contributed by atoms with Gasteiger partial charge in [-0.15, -0.1) is 0 Å². The Hall–Kier alpha value is -1.07. The molecule has 1 aromatic carbocycles. The molecule has 0 aromatic heterocycles. The number of benzene rings is 1. The summed E-state index contributed by atoms with van der Waals surface area (Å²) in [5, 5.41) is 0. The molecular weight excluding hydrogens is 228 g/mol. The van der Waals surface area contributed by atoms with Crippen LogP contribution in [0.25, 0.3) is 0 Å². The minimum Gasteiger partial charge on any atom is -0.492 e. The van der Waals surface area contributed by atoms with Crippen molar-refractivity contribution < 1.29 is 17.3 Å². The van der Waals surface area contributed by atoms with Gasteiger partial charge in [-0.05, 0) is 38.5 Å². The summed E-state index contributed by atoms with van der Waals surface area (Å²) in [5.74, 6) is 0.343. The Bertz CT molecular complexity index is 451. The van der Waals surface area contributed by atoms with E-state index in [1.54, 1.807) is 26.0 Å². The van der Waals surface area contributed by atoms with Gasteiger partial charge in [0.2, 0.25) is 0 Å². The van der Waals surface area contributed by atoms with Gasteiger partial charge in [-0.2, -0.15) is 8.42 Å². The first-order valence-electron chi connectivity index (χ1n) is 5.14. The van der Waals surface area contributed by atoms with Gasteiger partial charge in [-0.1, -0.05) is 6.07 Å². The van der Waals surface area contributed by atoms with Gasteiger partial charge < -0.3 is 4.74 Å². The zero-order valence-electron chi connectivity index (χ0n) is 9.69. The number of hydrogen-bond acceptors (Lipinski definition) is 4. The van der Waals surface area contributed by atoms with Crippen LogP contribution < -0.4 is 4.74 Å². The Morgan fingerprint density at radius 3 is 2.44 bits per heavy atom. The first-order chi connectivity index (χ1) is 7.51. The van der Waals surface area contributed by atoms with Gasteiger partial charge in [0.1, 0.15) is 10.6 Å². The molecule has 0 aliphatic rings. The van der Waals surface area contributed by atoms with E-state index in [1.807, 2.05) is 6.92 Å². The molecule has 0 aliphatic carbocycles. The third-order valence-electron chi connectivity index (χ3n) is 1.94. The smallest absolute Gasteiger partial charge is 0.300 e. The summed E-state index contributed by atoms with van der Waals surface area (Å²) in [4.78, 5) is 0.0850. The summed E-state index contributed by atoms with van der Waals surface area (Å²) >= 11 is 0. The van der Waals surface area contributed by atoms with E-state index in [1.165, 1.54) is 6.07 Å². The van der Waals surface area contributed by atoms with E-state index in [0.717, 1.165) is 5.56 Å². The topological polar surface area (TPSA) is 52.6 Å². The first-order valence-corrected chi connectivity index (χ1v) is 6.55. The maximum atomic E-state index is 11.7. The molecule has 4 nitrogen and oxygen atoms in total. The predicted octanol–water partition coefficient (Wildman–Crippen LogP) is 2.12. The quantitative estimate of drug-likeness (QED) is 0.744. The molecule has 5 heteroatoms. The van der Waals surface area contributed by atoms with E-state index >= 15 is 0 Å². The van der Waals surface area contributed by atoms with E-state index in [9.17, 15) is 8.42 Å². The standard InChI is InChI=1S/C11H16O4S/c1-4-14-10-8-9(3)6-7-11(10)16(12,13)15-5-2/h6-8H,4-5H2,1-3H3. The van der Waals surface area contributed by atoms with Gasteiger partial charge in [0.05, 0.1) is 13.2 Å². The van der Waals surface area contributed by atoms with Crippen LogP contribution in [-0.2, 0) is 14.3 Å². The molecule has 0 amide bonds. The lowest BCUT2D eigenvalue weighted by Crippen LogP contribution is -2.08. The summed E-state index contributed by atoms with van der Waals surface area (Å²) in [6.45, 7) is 5.84. The number of aryl methyl sites for hydroxylation is 1. The third-order valence-corrected chi connectivity index (χ3v) is 3.36. The Balaban J connectivity index is 3.22. The van der Waals surface area contributed by atoms with E-state index in [4.69, 9.17) is 8.92 Å². The van der Waals surface area contributed by atoms with Gasteiger partial charge in [-0.3, -0.25) is 4.18 Å². The molecule has 0 fully saturated rings. The fourth-order valence-corrected chi connectivity index (χ4v) is 2.34. The molecule has 0 aliphatic heterocycles. The molecule has 0 atom stereocenters. The van der Waals surface area contributed by atoms with Crippen molar-refractivity contribution in [3.05, 3.63) is 23.8 Å². The first kappa shape index (κ1) is 13.0. The Morgan fingerprint density at radius 2 is 1.88 bits per heavy atom. The van der Waals surface area contributed by atoms with E-state index < -0.39 is 10.1 Å². The van der Waals surface area contributed by atoms with E-state index in [0.29, 0.717) is 12.4 Å². The molecule has 0 unspecified atom stereocenters. The fraction of sp³-hybridized carbons (Fsp3) is 0.455. The molecule has 0 N–H and O–H groups in total. The van der Waals surface area contributed by atoms with Crippen molar-refractivity contribution in [2.24, 2.45) is 0 Å². The minimum atomic E-state index is -3.70. The number of rotatable bonds is 5. The summed E-state index contributed by atoms with van der Waals surface area (Å²) in [6.07, 6.45) is 0. The SMILES string of the molecule is CCOc1cc(C)ccc1S(=O)(=O)OCC. The molecule has 90 valence electrons. The van der Waals surface area contributed by atoms with Gasteiger partial charge >= 0.3 is 10.1 Å². The second kappa shape index (κ2) is 5.32. The highest BCUT2D eigenvalue weighted by Crippen LogP contribution is 2.26. The lowest BCUT2D eigenvalue weighted by atomic mass is 10.2. The van der Waals surface area contributed by atoms with Crippen molar-refractivity contribution in [3.63, 3.8) is 0 Å². The maximum Gasteiger partial charge on any atom is 0.300 e. The summed E-state index contributed by atoms with van der Waals surface area (Å²) in [7, 11) is -3.70. The lowest BCUT2D eigenvalue weighted by molar-refractivity contribution is 0.316. The van der Waals surface area contributed by atoms with Crippen molar-refractivity contribution in [3.8, 4) is 5.75 Å². The van der Waals surface area contributed by atoms with Crippen LogP contribution in [0.3, 0.4) is 0 Å². The monoisotopic (exact) mass is 244 g/mol. The normalized spacial score (nSPS) is 11.4.